The first-order valence-corrected chi connectivity index (χ1v) is 9.41. The molecule has 8 nitrogen and oxygen atoms in total. The predicted octanol–water partition coefficient (Wildman–Crippen LogP) is 3.33. The fourth-order valence-corrected chi connectivity index (χ4v) is 3.19. The van der Waals surface area contributed by atoms with Crippen LogP contribution in [0.4, 0.5) is 9.52 Å². The Labute approximate surface area is 170 Å². The van der Waals surface area contributed by atoms with Gasteiger partial charge in [-0.25, -0.2) is 4.39 Å². The van der Waals surface area contributed by atoms with E-state index in [1.165, 1.54) is 25.4 Å². The second kappa shape index (κ2) is 9.39. The Balaban J connectivity index is 1.89. The van der Waals surface area contributed by atoms with Crippen LogP contribution in [-0.4, -0.2) is 48.5 Å². The Morgan fingerprint density at radius 3 is 2.83 bits per heavy atom. The normalized spacial score (nSPS) is 10.6. The lowest BCUT2D eigenvalue weighted by molar-refractivity contribution is 0.102. The van der Waals surface area contributed by atoms with Crippen molar-refractivity contribution in [2.75, 3.05) is 32.8 Å². The summed E-state index contributed by atoms with van der Waals surface area (Å²) >= 11 is 1.07. The van der Waals surface area contributed by atoms with Crippen LogP contribution in [0, 0.1) is 12.7 Å². The van der Waals surface area contributed by atoms with E-state index in [0.717, 1.165) is 11.3 Å². The molecule has 0 aliphatic carbocycles. The van der Waals surface area contributed by atoms with Crippen molar-refractivity contribution in [3.8, 4) is 22.1 Å². The van der Waals surface area contributed by atoms with Crippen LogP contribution in [0.5, 0.6) is 10.9 Å². The molecule has 0 bridgehead atoms. The van der Waals surface area contributed by atoms with E-state index in [4.69, 9.17) is 14.2 Å². The lowest BCUT2D eigenvalue weighted by atomic mass is 9.98. The smallest absolute Gasteiger partial charge is 0.295 e. The lowest BCUT2D eigenvalue weighted by Gasteiger charge is -2.14. The van der Waals surface area contributed by atoms with Gasteiger partial charge >= 0.3 is 0 Å². The quantitative estimate of drug-likeness (QED) is 0.561. The third kappa shape index (κ3) is 4.84. The van der Waals surface area contributed by atoms with Crippen molar-refractivity contribution in [2.24, 2.45) is 0 Å². The van der Waals surface area contributed by atoms with Crippen LogP contribution in [0.3, 0.4) is 0 Å². The predicted molar refractivity (Wildman–Crippen MR) is 106 cm³/mol. The molecule has 0 aliphatic rings. The molecule has 0 unspecified atom stereocenters. The highest BCUT2D eigenvalue weighted by atomic mass is 32.1. The zero-order valence-corrected chi connectivity index (χ0v) is 16.9. The summed E-state index contributed by atoms with van der Waals surface area (Å²) in [4.78, 5) is 17.0. The summed E-state index contributed by atoms with van der Waals surface area (Å²) in [5, 5.41) is 10.9. The number of amides is 1. The summed E-state index contributed by atoms with van der Waals surface area (Å²) in [5.41, 5.74) is 1.36. The maximum atomic E-state index is 14.6. The molecular weight excluding hydrogens is 399 g/mol. The average molecular weight is 418 g/mol. The van der Waals surface area contributed by atoms with E-state index in [2.05, 4.69) is 20.5 Å². The molecule has 10 heteroatoms. The van der Waals surface area contributed by atoms with Gasteiger partial charge < -0.3 is 14.2 Å². The van der Waals surface area contributed by atoms with Crippen LogP contribution < -0.4 is 14.8 Å². The van der Waals surface area contributed by atoms with Crippen LogP contribution >= 0.6 is 11.3 Å². The number of ether oxygens (including phenoxy) is 3. The molecule has 2 heterocycles. The van der Waals surface area contributed by atoms with Crippen LogP contribution in [0.1, 0.15) is 16.1 Å². The van der Waals surface area contributed by atoms with E-state index in [-0.39, 0.29) is 16.3 Å². The summed E-state index contributed by atoms with van der Waals surface area (Å²) in [6, 6.07) is 6.11. The highest BCUT2D eigenvalue weighted by molar-refractivity contribution is 7.17. The largest absolute Gasteiger partial charge is 0.496 e. The molecule has 152 valence electrons. The van der Waals surface area contributed by atoms with Gasteiger partial charge in [-0.1, -0.05) is 11.2 Å². The Morgan fingerprint density at radius 2 is 2.07 bits per heavy atom. The fraction of sp³-hybridized carbons (Fsp3) is 0.263. The zero-order chi connectivity index (χ0) is 20.8. The Morgan fingerprint density at radius 1 is 1.24 bits per heavy atom. The van der Waals surface area contributed by atoms with Gasteiger partial charge in [-0.05, 0) is 36.5 Å². The molecule has 29 heavy (non-hydrogen) atoms. The number of rotatable bonds is 8. The number of benzene rings is 1. The standard InChI is InChI=1S/C19H19FN4O4S/c1-11-9-12(16-14(20)5-4-6-15(16)27-3)13(10-21-11)17(25)22-18-23-24-19(29-18)28-8-7-26-2/h4-6,9-10H,7-8H2,1-3H3,(H,22,23,25). The monoisotopic (exact) mass is 418 g/mol. The number of methoxy groups -OCH3 is 2. The first-order chi connectivity index (χ1) is 14.0. The van der Waals surface area contributed by atoms with E-state index < -0.39 is 11.7 Å². The third-order valence-electron chi connectivity index (χ3n) is 3.89. The fourth-order valence-electron chi connectivity index (χ4n) is 2.58. The number of pyridine rings is 1. The van der Waals surface area contributed by atoms with Crippen LogP contribution in [0.15, 0.2) is 30.5 Å². The molecule has 0 radical (unpaired) electrons. The van der Waals surface area contributed by atoms with Gasteiger partial charge in [0.15, 0.2) is 0 Å². The summed E-state index contributed by atoms with van der Waals surface area (Å²) < 4.78 is 30.1. The Hall–Kier alpha value is -3.11. The summed E-state index contributed by atoms with van der Waals surface area (Å²) in [6.07, 6.45) is 1.39. The van der Waals surface area contributed by atoms with Gasteiger partial charge in [-0.2, -0.15) is 0 Å². The zero-order valence-electron chi connectivity index (χ0n) is 16.1. The molecular formula is C19H19FN4O4S. The first-order valence-electron chi connectivity index (χ1n) is 8.59. The van der Waals surface area contributed by atoms with Crippen molar-refractivity contribution in [1.29, 1.82) is 0 Å². The number of halogens is 1. The molecule has 0 aliphatic heterocycles. The summed E-state index contributed by atoms with van der Waals surface area (Å²) in [7, 11) is 3.01. The number of carbonyl (C=O) groups excluding carboxylic acids is 1. The summed E-state index contributed by atoms with van der Waals surface area (Å²) in [5.74, 6) is -0.694. The number of hydrogen-bond donors (Lipinski definition) is 1. The molecule has 0 saturated carbocycles. The molecule has 2 aromatic heterocycles. The highest BCUT2D eigenvalue weighted by Crippen LogP contribution is 2.35. The van der Waals surface area contributed by atoms with E-state index in [1.54, 1.807) is 26.2 Å². The number of aromatic nitrogens is 3. The minimum atomic E-state index is -0.506. The topological polar surface area (TPSA) is 95.5 Å². The van der Waals surface area contributed by atoms with Crippen molar-refractivity contribution in [2.45, 2.75) is 6.92 Å². The lowest BCUT2D eigenvalue weighted by Crippen LogP contribution is -2.14. The van der Waals surface area contributed by atoms with Gasteiger partial charge in [0, 0.05) is 24.6 Å². The van der Waals surface area contributed by atoms with Gasteiger partial charge in [0.2, 0.25) is 5.13 Å². The number of nitrogens with one attached hydrogen (secondary N) is 1. The van der Waals surface area contributed by atoms with Crippen molar-refractivity contribution in [1.82, 2.24) is 15.2 Å². The summed E-state index contributed by atoms with van der Waals surface area (Å²) in [6.45, 7) is 2.48. The van der Waals surface area contributed by atoms with Gasteiger partial charge in [-0.3, -0.25) is 15.1 Å². The number of nitrogens with zero attached hydrogens (tertiary/aromatic N) is 3. The maximum Gasteiger partial charge on any atom is 0.295 e. The van der Waals surface area contributed by atoms with Gasteiger partial charge in [-0.15, -0.1) is 5.10 Å². The second-order valence-electron chi connectivity index (χ2n) is 5.86. The van der Waals surface area contributed by atoms with Crippen molar-refractivity contribution in [3.05, 3.63) is 47.5 Å². The Kier molecular flexibility index (Phi) is 6.68. The van der Waals surface area contributed by atoms with E-state index in [0.29, 0.717) is 35.4 Å². The molecule has 0 spiro atoms. The van der Waals surface area contributed by atoms with Crippen molar-refractivity contribution < 1.29 is 23.4 Å². The maximum absolute atomic E-state index is 14.6. The SMILES string of the molecule is COCCOc1nnc(NC(=O)c2cnc(C)cc2-c2c(F)cccc2OC)s1. The van der Waals surface area contributed by atoms with Gasteiger partial charge in [0.25, 0.3) is 11.1 Å². The molecule has 0 fully saturated rings. The van der Waals surface area contributed by atoms with E-state index >= 15 is 0 Å². The van der Waals surface area contributed by atoms with Crippen LogP contribution in [-0.2, 0) is 4.74 Å². The molecule has 1 N–H and O–H groups in total. The number of aryl methyl sites for hydroxylation is 1. The first kappa shape index (κ1) is 20.6. The van der Waals surface area contributed by atoms with E-state index in [1.807, 2.05) is 0 Å². The van der Waals surface area contributed by atoms with E-state index in [9.17, 15) is 9.18 Å². The molecule has 3 rings (SSSR count). The number of carbonyl (C=O) groups is 1. The Bertz CT molecular complexity index is 1010. The molecule has 1 amide bonds. The number of anilines is 1. The van der Waals surface area contributed by atoms with Gasteiger partial charge in [0.05, 0.1) is 24.8 Å². The molecule has 3 aromatic rings. The highest BCUT2D eigenvalue weighted by Gasteiger charge is 2.21. The second-order valence-corrected chi connectivity index (χ2v) is 6.80. The van der Waals surface area contributed by atoms with Gasteiger partial charge in [0.1, 0.15) is 18.2 Å². The van der Waals surface area contributed by atoms with Crippen LogP contribution in [0.25, 0.3) is 11.1 Å². The van der Waals surface area contributed by atoms with Crippen molar-refractivity contribution >= 4 is 22.4 Å². The third-order valence-corrected chi connectivity index (χ3v) is 4.64. The molecule has 0 atom stereocenters. The number of hydrogen-bond acceptors (Lipinski definition) is 8. The molecule has 1 aromatic carbocycles. The van der Waals surface area contributed by atoms with Crippen LogP contribution in [0.2, 0.25) is 0 Å². The minimum Gasteiger partial charge on any atom is -0.496 e. The van der Waals surface area contributed by atoms with Crippen molar-refractivity contribution in [3.63, 3.8) is 0 Å². The molecule has 0 saturated heterocycles. The minimum absolute atomic E-state index is 0.177. The average Bonchev–Trinajstić information content (AvgIpc) is 3.15.